The van der Waals surface area contributed by atoms with Crippen LogP contribution in [0.5, 0.6) is 0 Å². The lowest BCUT2D eigenvalue weighted by Crippen LogP contribution is -2.36. The molecule has 1 atom stereocenters. The fourth-order valence-corrected chi connectivity index (χ4v) is 3.07. The summed E-state index contributed by atoms with van der Waals surface area (Å²) < 4.78 is 0. The van der Waals surface area contributed by atoms with Crippen LogP contribution in [0.4, 0.5) is 0 Å². The molecule has 3 rings (SSSR count). The molecule has 2 aromatic heterocycles. The van der Waals surface area contributed by atoms with Crippen molar-refractivity contribution in [3.05, 3.63) is 36.2 Å². The second-order valence-electron chi connectivity index (χ2n) is 6.47. The Morgan fingerprint density at radius 2 is 2.36 bits per heavy atom. The molecule has 0 bridgehead atoms. The highest BCUT2D eigenvalue weighted by molar-refractivity contribution is 5.89. The lowest BCUT2D eigenvalue weighted by molar-refractivity contribution is -0.122. The van der Waals surface area contributed by atoms with Gasteiger partial charge in [0.2, 0.25) is 5.91 Å². The van der Waals surface area contributed by atoms with Gasteiger partial charge in [0.15, 0.2) is 0 Å². The van der Waals surface area contributed by atoms with Crippen molar-refractivity contribution in [2.45, 2.75) is 45.6 Å². The van der Waals surface area contributed by atoms with Gasteiger partial charge in [-0.2, -0.15) is 0 Å². The number of carbonyl (C=O) groups excluding carboxylic acids is 1. The van der Waals surface area contributed by atoms with Gasteiger partial charge in [0, 0.05) is 30.4 Å². The van der Waals surface area contributed by atoms with Crippen molar-refractivity contribution in [2.75, 3.05) is 0 Å². The van der Waals surface area contributed by atoms with E-state index in [0.29, 0.717) is 12.3 Å². The molecule has 0 saturated heterocycles. The average molecular weight is 297 g/mol. The number of aromatic amines is 1. The number of allylic oxidation sites excluding steroid dienone is 1. The van der Waals surface area contributed by atoms with Crippen molar-refractivity contribution in [3.63, 3.8) is 0 Å². The van der Waals surface area contributed by atoms with Crippen LogP contribution in [-0.4, -0.2) is 21.9 Å². The molecule has 4 nitrogen and oxygen atoms in total. The predicted molar refractivity (Wildman–Crippen MR) is 89.3 cm³/mol. The summed E-state index contributed by atoms with van der Waals surface area (Å²) in [6.07, 6.45) is 9.61. The minimum absolute atomic E-state index is 0.172. The minimum atomic E-state index is 0.172. The molecule has 0 fully saturated rings. The first-order valence-electron chi connectivity index (χ1n) is 8.04. The molecule has 4 heteroatoms. The number of carbonyl (C=O) groups is 1. The zero-order chi connectivity index (χ0) is 15.5. The third-order valence-corrected chi connectivity index (χ3v) is 4.15. The first-order valence-corrected chi connectivity index (χ1v) is 8.04. The summed E-state index contributed by atoms with van der Waals surface area (Å²) in [5.41, 5.74) is 4.64. The fraction of sp³-hybridized carbons (Fsp3) is 0.444. The second kappa shape index (κ2) is 6.34. The number of rotatable bonds is 4. The predicted octanol–water partition coefficient (Wildman–Crippen LogP) is 3.66. The van der Waals surface area contributed by atoms with Gasteiger partial charge in [0.1, 0.15) is 0 Å². The van der Waals surface area contributed by atoms with E-state index in [1.165, 1.54) is 11.1 Å². The van der Waals surface area contributed by atoms with Crippen LogP contribution in [0.15, 0.2) is 30.6 Å². The Labute approximate surface area is 131 Å². The molecule has 1 aliphatic rings. The molecule has 116 valence electrons. The molecule has 0 radical (unpaired) electrons. The van der Waals surface area contributed by atoms with Gasteiger partial charge in [-0.25, -0.2) is 0 Å². The monoisotopic (exact) mass is 297 g/mol. The molecule has 1 unspecified atom stereocenters. The summed E-state index contributed by atoms with van der Waals surface area (Å²) in [6, 6.07) is 4.26. The van der Waals surface area contributed by atoms with Crippen LogP contribution in [0.2, 0.25) is 0 Å². The van der Waals surface area contributed by atoms with Crippen LogP contribution in [0.25, 0.3) is 16.6 Å². The van der Waals surface area contributed by atoms with Crippen molar-refractivity contribution >= 4 is 22.5 Å². The zero-order valence-corrected chi connectivity index (χ0v) is 13.2. The Bertz CT molecular complexity index is 699. The lowest BCUT2D eigenvalue weighted by atomic mass is 9.91. The van der Waals surface area contributed by atoms with Crippen molar-refractivity contribution in [3.8, 4) is 0 Å². The van der Waals surface area contributed by atoms with Crippen molar-refractivity contribution < 1.29 is 4.79 Å². The molecule has 0 aliphatic heterocycles. The van der Waals surface area contributed by atoms with Crippen molar-refractivity contribution in [1.82, 2.24) is 15.3 Å². The smallest absolute Gasteiger partial charge is 0.220 e. The highest BCUT2D eigenvalue weighted by Gasteiger charge is 2.19. The van der Waals surface area contributed by atoms with E-state index in [1.54, 1.807) is 0 Å². The number of nitrogens with one attached hydrogen (secondary N) is 2. The molecule has 0 aromatic carbocycles. The van der Waals surface area contributed by atoms with E-state index in [9.17, 15) is 4.79 Å². The molecule has 2 aromatic rings. The van der Waals surface area contributed by atoms with E-state index in [2.05, 4.69) is 35.2 Å². The van der Waals surface area contributed by atoms with Crippen molar-refractivity contribution in [1.29, 1.82) is 0 Å². The maximum atomic E-state index is 11.9. The van der Waals surface area contributed by atoms with Gasteiger partial charge < -0.3 is 10.3 Å². The topological polar surface area (TPSA) is 57.8 Å². The van der Waals surface area contributed by atoms with E-state index in [4.69, 9.17) is 0 Å². The van der Waals surface area contributed by atoms with Gasteiger partial charge >= 0.3 is 0 Å². The van der Waals surface area contributed by atoms with Gasteiger partial charge in [-0.3, -0.25) is 9.78 Å². The molecule has 1 aliphatic carbocycles. The number of aromatic nitrogens is 2. The zero-order valence-electron chi connectivity index (χ0n) is 13.2. The van der Waals surface area contributed by atoms with Gasteiger partial charge in [0.05, 0.1) is 11.0 Å². The van der Waals surface area contributed by atoms with E-state index in [-0.39, 0.29) is 11.9 Å². The maximum Gasteiger partial charge on any atom is 0.220 e. The second-order valence-corrected chi connectivity index (χ2v) is 6.47. The summed E-state index contributed by atoms with van der Waals surface area (Å²) >= 11 is 0. The molecular weight excluding hydrogens is 274 g/mol. The van der Waals surface area contributed by atoms with E-state index >= 15 is 0 Å². The van der Waals surface area contributed by atoms with Crippen molar-refractivity contribution in [2.24, 2.45) is 5.92 Å². The van der Waals surface area contributed by atoms with E-state index in [1.807, 2.05) is 24.5 Å². The Morgan fingerprint density at radius 1 is 1.50 bits per heavy atom. The fourth-order valence-electron chi connectivity index (χ4n) is 3.07. The van der Waals surface area contributed by atoms with Crippen LogP contribution < -0.4 is 5.32 Å². The normalized spacial score (nSPS) is 18.5. The Kier molecular flexibility index (Phi) is 4.27. The quantitative estimate of drug-likeness (QED) is 0.904. The number of fused-ring (bicyclic) bond motifs is 1. The standard InChI is InChI=1S/C18H23N3O/c1-12(2)10-17(22)21-14-7-5-13(6-8-14)15-11-20-16-4-3-9-19-18(15)16/h3-5,9,11-12,14,20H,6-8,10H2,1-2H3,(H,21,22). The van der Waals surface area contributed by atoms with Gasteiger partial charge in [0.25, 0.3) is 0 Å². The lowest BCUT2D eigenvalue weighted by Gasteiger charge is -2.23. The Morgan fingerprint density at radius 3 is 3.09 bits per heavy atom. The molecule has 2 heterocycles. The number of nitrogens with zero attached hydrogens (tertiary/aromatic N) is 1. The summed E-state index contributed by atoms with van der Waals surface area (Å²) in [4.78, 5) is 19.6. The highest BCUT2D eigenvalue weighted by atomic mass is 16.1. The van der Waals surface area contributed by atoms with Crippen LogP contribution >= 0.6 is 0 Å². The highest BCUT2D eigenvalue weighted by Crippen LogP contribution is 2.31. The molecule has 1 amide bonds. The first-order chi connectivity index (χ1) is 10.6. The Balaban J connectivity index is 1.68. The number of hydrogen-bond donors (Lipinski definition) is 2. The number of hydrogen-bond acceptors (Lipinski definition) is 2. The summed E-state index contributed by atoms with van der Waals surface area (Å²) in [7, 11) is 0. The van der Waals surface area contributed by atoms with E-state index < -0.39 is 0 Å². The third kappa shape index (κ3) is 3.21. The molecule has 0 saturated carbocycles. The van der Waals surface area contributed by atoms with Crippen LogP contribution in [0.3, 0.4) is 0 Å². The molecular formula is C18H23N3O. The van der Waals surface area contributed by atoms with Crippen LogP contribution in [0.1, 0.15) is 45.1 Å². The average Bonchev–Trinajstić information content (AvgIpc) is 2.91. The van der Waals surface area contributed by atoms with Crippen LogP contribution in [0, 0.1) is 5.92 Å². The maximum absolute atomic E-state index is 11.9. The summed E-state index contributed by atoms with van der Waals surface area (Å²) in [6.45, 7) is 4.14. The van der Waals surface area contributed by atoms with Gasteiger partial charge in [-0.1, -0.05) is 19.9 Å². The van der Waals surface area contributed by atoms with Gasteiger partial charge in [-0.15, -0.1) is 0 Å². The van der Waals surface area contributed by atoms with E-state index in [0.717, 1.165) is 30.3 Å². The largest absolute Gasteiger partial charge is 0.359 e. The summed E-state index contributed by atoms with van der Waals surface area (Å²) in [5.74, 6) is 0.581. The summed E-state index contributed by atoms with van der Waals surface area (Å²) in [5, 5.41) is 3.15. The van der Waals surface area contributed by atoms with Gasteiger partial charge in [-0.05, 0) is 42.9 Å². The molecule has 2 N–H and O–H groups in total. The minimum Gasteiger partial charge on any atom is -0.359 e. The number of H-pyrrole nitrogens is 1. The Hall–Kier alpha value is -2.10. The molecule has 0 spiro atoms. The first kappa shape index (κ1) is 14.8. The van der Waals surface area contributed by atoms with Crippen LogP contribution in [-0.2, 0) is 4.79 Å². The number of pyridine rings is 1. The SMILES string of the molecule is CC(C)CC(=O)NC1CC=C(c2c[nH]c3cccnc23)CC1. The number of amides is 1. The molecule has 22 heavy (non-hydrogen) atoms. The third-order valence-electron chi connectivity index (χ3n) is 4.15.